The fourth-order valence-electron chi connectivity index (χ4n) is 2.04. The van der Waals surface area contributed by atoms with Gasteiger partial charge in [-0.15, -0.1) is 0 Å². The summed E-state index contributed by atoms with van der Waals surface area (Å²) >= 11 is 0. The molecule has 2 aromatic carbocycles. The third-order valence-electron chi connectivity index (χ3n) is 2.99. The van der Waals surface area contributed by atoms with Crippen LogP contribution in [0.15, 0.2) is 48.5 Å². The maximum atomic E-state index is 12.2. The van der Waals surface area contributed by atoms with Crippen molar-refractivity contribution in [2.75, 3.05) is 17.7 Å². The Bertz CT molecular complexity index is 643. The lowest BCUT2D eigenvalue weighted by molar-refractivity contribution is 0.102. The molecule has 0 atom stereocenters. The first-order chi connectivity index (χ1) is 10.4. The molecule has 0 aromatic heterocycles. The van der Waals surface area contributed by atoms with Crippen molar-refractivity contribution in [2.45, 2.75) is 26.3 Å². The maximum Gasteiger partial charge on any atom is 0.255 e. The van der Waals surface area contributed by atoms with Crippen molar-refractivity contribution in [1.29, 1.82) is 0 Å². The summed E-state index contributed by atoms with van der Waals surface area (Å²) in [5.74, 6) is 0.507. The van der Waals surface area contributed by atoms with Crippen LogP contribution in [0.1, 0.15) is 31.1 Å². The Hall–Kier alpha value is -2.49. The van der Waals surface area contributed by atoms with Gasteiger partial charge in [-0.2, -0.15) is 0 Å². The van der Waals surface area contributed by atoms with Crippen molar-refractivity contribution < 1.29 is 9.53 Å². The highest BCUT2D eigenvalue weighted by Crippen LogP contribution is 2.19. The minimum Gasteiger partial charge on any atom is -0.497 e. The monoisotopic (exact) mass is 298 g/mol. The molecule has 0 saturated carbocycles. The number of carbonyl (C=O) groups is 1. The van der Waals surface area contributed by atoms with Crippen molar-refractivity contribution >= 4 is 17.3 Å². The van der Waals surface area contributed by atoms with E-state index in [0.29, 0.717) is 11.3 Å². The van der Waals surface area contributed by atoms with Crippen LogP contribution in [0, 0.1) is 0 Å². The Balaban J connectivity index is 2.05. The average molecular weight is 298 g/mol. The summed E-state index contributed by atoms with van der Waals surface area (Å²) in [5.41, 5.74) is 2.35. The topological polar surface area (TPSA) is 50.4 Å². The minimum absolute atomic E-state index is 0.00531. The summed E-state index contributed by atoms with van der Waals surface area (Å²) in [4.78, 5) is 12.2. The normalized spacial score (nSPS) is 10.9. The fourth-order valence-corrected chi connectivity index (χ4v) is 2.04. The molecule has 0 aliphatic rings. The van der Waals surface area contributed by atoms with Gasteiger partial charge in [0, 0.05) is 22.5 Å². The van der Waals surface area contributed by atoms with Crippen LogP contribution in [-0.4, -0.2) is 18.6 Å². The van der Waals surface area contributed by atoms with E-state index in [4.69, 9.17) is 4.74 Å². The fraction of sp³-hybridized carbons (Fsp3) is 0.278. The second kappa shape index (κ2) is 6.52. The molecule has 0 saturated heterocycles. The van der Waals surface area contributed by atoms with E-state index in [2.05, 4.69) is 31.4 Å². The van der Waals surface area contributed by atoms with E-state index in [9.17, 15) is 4.79 Å². The number of anilines is 2. The van der Waals surface area contributed by atoms with Gasteiger partial charge in [-0.1, -0.05) is 6.07 Å². The van der Waals surface area contributed by atoms with E-state index in [1.54, 1.807) is 25.3 Å². The molecule has 0 aliphatic heterocycles. The number of ether oxygens (including phenoxy) is 1. The molecule has 0 unspecified atom stereocenters. The highest BCUT2D eigenvalue weighted by molar-refractivity contribution is 6.04. The van der Waals surface area contributed by atoms with E-state index in [1.165, 1.54) is 0 Å². The van der Waals surface area contributed by atoms with Crippen LogP contribution in [0.3, 0.4) is 0 Å². The van der Waals surface area contributed by atoms with Crippen LogP contribution in [0.25, 0.3) is 0 Å². The summed E-state index contributed by atoms with van der Waals surface area (Å²) in [6.07, 6.45) is 0. The number of hydrogen-bond donors (Lipinski definition) is 2. The summed E-state index contributed by atoms with van der Waals surface area (Å²) in [6.45, 7) is 6.31. The summed E-state index contributed by atoms with van der Waals surface area (Å²) in [7, 11) is 1.58. The van der Waals surface area contributed by atoms with Gasteiger partial charge in [-0.05, 0) is 63.2 Å². The van der Waals surface area contributed by atoms with Crippen LogP contribution in [0.2, 0.25) is 0 Å². The van der Waals surface area contributed by atoms with Crippen LogP contribution in [0.4, 0.5) is 11.4 Å². The molecule has 2 rings (SSSR count). The Labute approximate surface area is 131 Å². The van der Waals surface area contributed by atoms with Gasteiger partial charge in [-0.3, -0.25) is 4.79 Å². The molecule has 0 fully saturated rings. The molecule has 0 heterocycles. The molecule has 0 aliphatic carbocycles. The first-order valence-corrected chi connectivity index (χ1v) is 7.21. The smallest absolute Gasteiger partial charge is 0.255 e. The molecule has 2 aromatic rings. The molecule has 4 nitrogen and oxygen atoms in total. The number of rotatable bonds is 4. The summed E-state index contributed by atoms with van der Waals surface area (Å²) in [5, 5.41) is 6.26. The zero-order valence-electron chi connectivity index (χ0n) is 13.4. The maximum absolute atomic E-state index is 12.2. The van der Waals surface area contributed by atoms with Gasteiger partial charge >= 0.3 is 0 Å². The van der Waals surface area contributed by atoms with E-state index in [1.807, 2.05) is 30.3 Å². The number of nitrogens with one attached hydrogen (secondary N) is 2. The number of carbonyl (C=O) groups excluding carboxylic acids is 1. The van der Waals surface area contributed by atoms with Gasteiger partial charge < -0.3 is 15.4 Å². The molecule has 116 valence electrons. The lowest BCUT2D eigenvalue weighted by atomic mass is 10.1. The zero-order chi connectivity index (χ0) is 16.2. The lowest BCUT2D eigenvalue weighted by Crippen LogP contribution is -2.25. The Kier molecular flexibility index (Phi) is 4.71. The van der Waals surface area contributed by atoms with Gasteiger partial charge in [0.1, 0.15) is 5.75 Å². The van der Waals surface area contributed by atoms with Crippen molar-refractivity contribution in [2.24, 2.45) is 0 Å². The third kappa shape index (κ3) is 4.52. The van der Waals surface area contributed by atoms with E-state index < -0.39 is 0 Å². The quantitative estimate of drug-likeness (QED) is 0.891. The minimum atomic E-state index is -0.157. The van der Waals surface area contributed by atoms with Crippen LogP contribution < -0.4 is 15.4 Å². The van der Waals surface area contributed by atoms with Gasteiger partial charge in [0.05, 0.1) is 7.11 Å². The molecule has 1 amide bonds. The molecular weight excluding hydrogens is 276 g/mol. The molecular formula is C18H22N2O2. The van der Waals surface area contributed by atoms with Gasteiger partial charge in [-0.25, -0.2) is 0 Å². The van der Waals surface area contributed by atoms with Crippen LogP contribution >= 0.6 is 0 Å². The first-order valence-electron chi connectivity index (χ1n) is 7.21. The van der Waals surface area contributed by atoms with Crippen molar-refractivity contribution in [3.8, 4) is 5.75 Å². The molecule has 0 spiro atoms. The molecule has 0 radical (unpaired) electrons. The van der Waals surface area contributed by atoms with Gasteiger partial charge in [0.15, 0.2) is 0 Å². The first kappa shape index (κ1) is 15.9. The Morgan fingerprint density at radius 2 is 1.64 bits per heavy atom. The molecule has 22 heavy (non-hydrogen) atoms. The van der Waals surface area contributed by atoms with E-state index in [0.717, 1.165) is 11.4 Å². The van der Waals surface area contributed by atoms with Crippen LogP contribution in [0.5, 0.6) is 5.75 Å². The van der Waals surface area contributed by atoms with Gasteiger partial charge in [0.2, 0.25) is 0 Å². The summed E-state index contributed by atoms with van der Waals surface area (Å²) < 4.78 is 5.13. The predicted octanol–water partition coefficient (Wildman–Crippen LogP) is 4.16. The van der Waals surface area contributed by atoms with Crippen molar-refractivity contribution in [3.63, 3.8) is 0 Å². The lowest BCUT2D eigenvalue weighted by Gasteiger charge is -2.22. The van der Waals surface area contributed by atoms with Crippen molar-refractivity contribution in [1.82, 2.24) is 0 Å². The van der Waals surface area contributed by atoms with Crippen molar-refractivity contribution in [3.05, 3.63) is 54.1 Å². The molecule has 4 heteroatoms. The number of benzene rings is 2. The van der Waals surface area contributed by atoms with Gasteiger partial charge in [0.25, 0.3) is 5.91 Å². The largest absolute Gasteiger partial charge is 0.497 e. The van der Waals surface area contributed by atoms with E-state index >= 15 is 0 Å². The highest BCUT2D eigenvalue weighted by atomic mass is 16.5. The number of amides is 1. The SMILES string of the molecule is COc1cccc(C(=O)Nc2ccc(NC(C)(C)C)cc2)c1. The van der Waals surface area contributed by atoms with Crippen LogP contribution in [-0.2, 0) is 0 Å². The Morgan fingerprint density at radius 3 is 2.23 bits per heavy atom. The number of hydrogen-bond acceptors (Lipinski definition) is 3. The number of methoxy groups -OCH3 is 1. The van der Waals surface area contributed by atoms with E-state index in [-0.39, 0.29) is 11.4 Å². The predicted molar refractivity (Wildman–Crippen MR) is 90.8 cm³/mol. The Morgan fingerprint density at radius 1 is 1.00 bits per heavy atom. The molecule has 0 bridgehead atoms. The standard InChI is InChI=1S/C18H22N2O2/c1-18(2,3)20-15-10-8-14(9-11-15)19-17(21)13-6-5-7-16(12-13)22-4/h5-12,20H,1-4H3,(H,19,21). The average Bonchev–Trinajstić information content (AvgIpc) is 2.48. The second-order valence-electron chi connectivity index (χ2n) is 6.14. The molecule has 2 N–H and O–H groups in total. The second-order valence-corrected chi connectivity index (χ2v) is 6.14. The zero-order valence-corrected chi connectivity index (χ0v) is 13.4. The summed E-state index contributed by atoms with van der Waals surface area (Å²) in [6, 6.07) is 14.7. The highest BCUT2D eigenvalue weighted by Gasteiger charge is 2.10. The third-order valence-corrected chi connectivity index (χ3v) is 2.99.